The van der Waals surface area contributed by atoms with Gasteiger partial charge in [-0.05, 0) is 37.8 Å². The normalized spacial score (nSPS) is 29.1. The zero-order valence-electron chi connectivity index (χ0n) is 11.3. The van der Waals surface area contributed by atoms with Gasteiger partial charge in [0.2, 0.25) is 9.84 Å². The molecule has 0 N–H and O–H groups in total. The number of rotatable bonds is 3. The molecule has 2 bridgehead atoms. The minimum atomic E-state index is -4.58. The Hall–Kier alpha value is -0.690. The lowest BCUT2D eigenvalue weighted by Crippen LogP contribution is -2.44. The van der Waals surface area contributed by atoms with Crippen molar-refractivity contribution in [1.29, 1.82) is 0 Å². The summed E-state index contributed by atoms with van der Waals surface area (Å²) >= 11 is 3.63. The summed E-state index contributed by atoms with van der Waals surface area (Å²) in [5.41, 5.74) is 0.435. The summed E-state index contributed by atoms with van der Waals surface area (Å²) in [4.78, 5) is 2.22. The average Bonchev–Trinajstić information content (AvgIpc) is 2.70. The fourth-order valence-electron chi connectivity index (χ4n) is 3.51. The van der Waals surface area contributed by atoms with E-state index in [2.05, 4.69) is 15.9 Å². The number of halogens is 3. The van der Waals surface area contributed by atoms with Crippen molar-refractivity contribution in [3.05, 3.63) is 24.3 Å². The Labute approximate surface area is 131 Å². The number of hydrogen-bond acceptors (Lipinski definition) is 3. The molecule has 2 aliphatic heterocycles. The van der Waals surface area contributed by atoms with Crippen LogP contribution in [0.25, 0.3) is 0 Å². The number of piperidine rings is 1. The fourth-order valence-corrected chi connectivity index (χ4v) is 5.30. The molecule has 2 unspecified atom stereocenters. The van der Waals surface area contributed by atoms with Gasteiger partial charge in [0.25, 0.3) is 0 Å². The maximum atomic E-state index is 12.9. The van der Waals surface area contributed by atoms with Crippen LogP contribution in [0.2, 0.25) is 0 Å². The van der Waals surface area contributed by atoms with Crippen molar-refractivity contribution in [3.63, 3.8) is 0 Å². The average molecular weight is 380 g/mol. The van der Waals surface area contributed by atoms with E-state index >= 15 is 0 Å². The summed E-state index contributed by atoms with van der Waals surface area (Å²) in [6, 6.07) is 6.59. The van der Waals surface area contributed by atoms with Crippen molar-refractivity contribution in [2.75, 3.05) is 4.90 Å². The Morgan fingerprint density at radius 2 is 1.71 bits per heavy atom. The van der Waals surface area contributed by atoms with E-state index in [9.17, 15) is 17.2 Å². The SMILES string of the molecule is O=S(=O)(c1ccccc1N1C2CCC1CC(Br)C2)C(F)F. The van der Waals surface area contributed by atoms with Gasteiger partial charge in [0, 0.05) is 16.9 Å². The van der Waals surface area contributed by atoms with E-state index in [-0.39, 0.29) is 17.0 Å². The second-order valence-corrected chi connectivity index (χ2v) is 8.82. The van der Waals surface area contributed by atoms with Crippen LogP contribution in [-0.4, -0.2) is 31.1 Å². The first-order chi connectivity index (χ1) is 9.91. The first-order valence-corrected chi connectivity index (χ1v) is 9.41. The second-order valence-electron chi connectivity index (χ2n) is 5.63. The first kappa shape index (κ1) is 15.2. The molecule has 0 saturated carbocycles. The molecule has 0 amide bonds. The molecule has 21 heavy (non-hydrogen) atoms. The lowest BCUT2D eigenvalue weighted by molar-refractivity contribution is 0.234. The fraction of sp³-hybridized carbons (Fsp3) is 0.571. The Kier molecular flexibility index (Phi) is 3.98. The van der Waals surface area contributed by atoms with Crippen molar-refractivity contribution in [3.8, 4) is 0 Å². The van der Waals surface area contributed by atoms with Gasteiger partial charge in [-0.15, -0.1) is 0 Å². The predicted molar refractivity (Wildman–Crippen MR) is 80.9 cm³/mol. The number of alkyl halides is 3. The van der Waals surface area contributed by atoms with Crippen LogP contribution >= 0.6 is 15.9 Å². The highest BCUT2D eigenvalue weighted by Gasteiger charge is 2.42. The second kappa shape index (κ2) is 5.50. The van der Waals surface area contributed by atoms with Crippen molar-refractivity contribution >= 4 is 31.5 Å². The van der Waals surface area contributed by atoms with Crippen LogP contribution in [0.15, 0.2) is 29.2 Å². The third-order valence-electron chi connectivity index (χ3n) is 4.36. The highest BCUT2D eigenvalue weighted by Crippen LogP contribution is 2.43. The molecule has 3 nitrogen and oxygen atoms in total. The Balaban J connectivity index is 2.05. The van der Waals surface area contributed by atoms with E-state index in [0.29, 0.717) is 10.5 Å². The minimum absolute atomic E-state index is 0.224. The Morgan fingerprint density at radius 3 is 2.29 bits per heavy atom. The molecule has 0 radical (unpaired) electrons. The zero-order valence-corrected chi connectivity index (χ0v) is 13.7. The number of nitrogens with zero attached hydrogens (tertiary/aromatic N) is 1. The summed E-state index contributed by atoms with van der Waals surface area (Å²) < 4.78 is 49.6. The van der Waals surface area contributed by atoms with Gasteiger partial charge in [-0.3, -0.25) is 0 Å². The van der Waals surface area contributed by atoms with Gasteiger partial charge in [-0.2, -0.15) is 8.78 Å². The minimum Gasteiger partial charge on any atom is -0.364 e. The lowest BCUT2D eigenvalue weighted by atomic mass is 10.0. The summed E-state index contributed by atoms with van der Waals surface area (Å²) in [5.74, 6) is -3.38. The number of para-hydroxylation sites is 1. The van der Waals surface area contributed by atoms with E-state index < -0.39 is 15.6 Å². The number of anilines is 1. The van der Waals surface area contributed by atoms with E-state index in [1.807, 2.05) is 4.90 Å². The van der Waals surface area contributed by atoms with E-state index in [1.165, 1.54) is 12.1 Å². The first-order valence-electron chi connectivity index (χ1n) is 6.94. The number of benzene rings is 1. The molecule has 7 heteroatoms. The molecular weight excluding hydrogens is 364 g/mol. The molecule has 1 aromatic carbocycles. The van der Waals surface area contributed by atoms with Gasteiger partial charge >= 0.3 is 5.76 Å². The molecule has 0 aromatic heterocycles. The maximum Gasteiger partial charge on any atom is 0.341 e. The zero-order chi connectivity index (χ0) is 15.2. The van der Waals surface area contributed by atoms with Gasteiger partial charge in [0.15, 0.2) is 0 Å². The molecule has 0 aliphatic carbocycles. The van der Waals surface area contributed by atoms with E-state index in [4.69, 9.17) is 0 Å². The van der Waals surface area contributed by atoms with Crippen LogP contribution in [0.3, 0.4) is 0 Å². The van der Waals surface area contributed by atoms with Crippen molar-refractivity contribution in [1.82, 2.24) is 0 Å². The predicted octanol–water partition coefficient (Wildman–Crippen LogP) is 3.58. The highest BCUT2D eigenvalue weighted by molar-refractivity contribution is 9.09. The van der Waals surface area contributed by atoms with Crippen molar-refractivity contribution < 1.29 is 17.2 Å². The van der Waals surface area contributed by atoms with Crippen molar-refractivity contribution in [2.24, 2.45) is 0 Å². The molecule has 1 aromatic rings. The number of sulfone groups is 1. The lowest BCUT2D eigenvalue weighted by Gasteiger charge is -2.39. The van der Waals surface area contributed by atoms with Crippen LogP contribution in [0.1, 0.15) is 25.7 Å². The van der Waals surface area contributed by atoms with E-state index in [1.54, 1.807) is 12.1 Å². The third kappa shape index (κ3) is 2.59. The van der Waals surface area contributed by atoms with Gasteiger partial charge in [0.1, 0.15) is 0 Å². The third-order valence-corrected chi connectivity index (χ3v) is 6.54. The van der Waals surface area contributed by atoms with Gasteiger partial charge in [0.05, 0.1) is 10.6 Å². The maximum absolute atomic E-state index is 12.9. The van der Waals surface area contributed by atoms with Gasteiger partial charge in [-0.1, -0.05) is 28.1 Å². The topological polar surface area (TPSA) is 37.4 Å². The highest BCUT2D eigenvalue weighted by atomic mass is 79.9. The van der Waals surface area contributed by atoms with Crippen LogP contribution in [0.4, 0.5) is 14.5 Å². The number of hydrogen-bond donors (Lipinski definition) is 0. The molecule has 2 fully saturated rings. The number of fused-ring (bicyclic) bond motifs is 2. The summed E-state index contributed by atoms with van der Waals surface area (Å²) in [6.45, 7) is 0. The summed E-state index contributed by atoms with van der Waals surface area (Å²) in [7, 11) is -4.58. The monoisotopic (exact) mass is 379 g/mol. The molecule has 3 rings (SSSR count). The largest absolute Gasteiger partial charge is 0.364 e. The molecule has 2 aliphatic rings. The molecule has 2 atom stereocenters. The van der Waals surface area contributed by atoms with Crippen LogP contribution in [-0.2, 0) is 9.84 Å². The smallest absolute Gasteiger partial charge is 0.341 e. The molecule has 2 saturated heterocycles. The van der Waals surface area contributed by atoms with Crippen LogP contribution < -0.4 is 4.90 Å². The molecule has 0 spiro atoms. The van der Waals surface area contributed by atoms with Crippen molar-refractivity contribution in [2.45, 2.75) is 53.2 Å². The Bertz CT molecular complexity index is 624. The molecular formula is C14H16BrF2NO2S. The van der Waals surface area contributed by atoms with Crippen LogP contribution in [0.5, 0.6) is 0 Å². The Morgan fingerprint density at radius 1 is 1.14 bits per heavy atom. The van der Waals surface area contributed by atoms with Gasteiger partial charge in [-0.25, -0.2) is 8.42 Å². The molecule has 2 heterocycles. The quantitative estimate of drug-likeness (QED) is 0.753. The summed E-state index contributed by atoms with van der Waals surface area (Å²) in [5, 5.41) is 0. The standard InChI is InChI=1S/C14H16BrF2NO2S/c15-9-7-10-5-6-11(8-9)18(10)12-3-1-2-4-13(12)21(19,20)14(16)17/h1-4,9-11,14H,5-8H2. The molecule has 116 valence electrons. The summed E-state index contributed by atoms with van der Waals surface area (Å²) in [6.07, 6.45) is 3.80. The van der Waals surface area contributed by atoms with E-state index in [0.717, 1.165) is 25.7 Å². The van der Waals surface area contributed by atoms with Gasteiger partial charge < -0.3 is 4.90 Å². The van der Waals surface area contributed by atoms with Crippen LogP contribution in [0, 0.1) is 0 Å².